The fourth-order valence-corrected chi connectivity index (χ4v) is 1.51. The van der Waals surface area contributed by atoms with Gasteiger partial charge in [-0.25, -0.2) is 4.98 Å². The summed E-state index contributed by atoms with van der Waals surface area (Å²) in [5, 5.41) is 10.5. The molecule has 0 radical (unpaired) electrons. The SMILES string of the molecule is Nc1cc(C(=O)NCc2cccnn2)c(Cl)cn1. The van der Waals surface area contributed by atoms with Crippen LogP contribution in [-0.2, 0) is 6.54 Å². The lowest BCUT2D eigenvalue weighted by atomic mass is 10.2. The lowest BCUT2D eigenvalue weighted by molar-refractivity contribution is 0.0950. The Bertz CT molecular complexity index is 561. The van der Waals surface area contributed by atoms with Crippen LogP contribution in [0.4, 0.5) is 5.82 Å². The van der Waals surface area contributed by atoms with E-state index < -0.39 is 0 Å². The predicted octanol–water partition coefficient (Wildman–Crippen LogP) is 1.04. The third-order valence-corrected chi connectivity index (χ3v) is 2.48. The molecule has 0 aliphatic carbocycles. The minimum atomic E-state index is -0.334. The molecule has 2 aromatic heterocycles. The summed E-state index contributed by atoms with van der Waals surface area (Å²) in [5.74, 6) is -0.0937. The van der Waals surface area contributed by atoms with Crippen molar-refractivity contribution in [1.29, 1.82) is 0 Å². The van der Waals surface area contributed by atoms with Gasteiger partial charge in [0, 0.05) is 12.4 Å². The summed E-state index contributed by atoms with van der Waals surface area (Å²) in [5.41, 5.74) is 6.44. The van der Waals surface area contributed by atoms with E-state index in [2.05, 4.69) is 20.5 Å². The quantitative estimate of drug-likeness (QED) is 0.863. The predicted molar refractivity (Wildman–Crippen MR) is 66.9 cm³/mol. The first-order valence-corrected chi connectivity index (χ1v) is 5.50. The average molecular weight is 264 g/mol. The van der Waals surface area contributed by atoms with Crippen LogP contribution in [0, 0.1) is 0 Å². The number of hydrogen-bond donors (Lipinski definition) is 2. The molecule has 0 aliphatic heterocycles. The number of halogens is 1. The van der Waals surface area contributed by atoms with Gasteiger partial charge in [-0.05, 0) is 18.2 Å². The molecular formula is C11H10ClN5O. The Labute approximate surface area is 108 Å². The molecule has 0 saturated heterocycles. The lowest BCUT2D eigenvalue weighted by Gasteiger charge is -2.06. The number of anilines is 1. The van der Waals surface area contributed by atoms with E-state index in [9.17, 15) is 4.79 Å². The molecule has 0 aromatic carbocycles. The molecule has 0 bridgehead atoms. The van der Waals surface area contributed by atoms with Crippen molar-refractivity contribution in [2.24, 2.45) is 0 Å². The Hall–Kier alpha value is -2.21. The first-order chi connectivity index (χ1) is 8.66. The Morgan fingerprint density at radius 1 is 1.50 bits per heavy atom. The van der Waals surface area contributed by atoms with E-state index in [4.69, 9.17) is 17.3 Å². The van der Waals surface area contributed by atoms with Gasteiger partial charge in [-0.1, -0.05) is 11.6 Å². The third kappa shape index (κ3) is 2.92. The minimum absolute atomic E-state index is 0.240. The topological polar surface area (TPSA) is 93.8 Å². The molecule has 2 heterocycles. The van der Waals surface area contributed by atoms with Crippen molar-refractivity contribution >= 4 is 23.3 Å². The zero-order valence-electron chi connectivity index (χ0n) is 9.30. The summed E-state index contributed by atoms with van der Waals surface area (Å²) in [7, 11) is 0. The van der Waals surface area contributed by atoms with Crippen molar-refractivity contribution in [3.05, 3.63) is 46.9 Å². The van der Waals surface area contributed by atoms with Gasteiger partial charge < -0.3 is 11.1 Å². The second kappa shape index (κ2) is 5.42. The van der Waals surface area contributed by atoms with Gasteiger partial charge in [0.1, 0.15) is 5.82 Å². The van der Waals surface area contributed by atoms with Crippen LogP contribution in [0.25, 0.3) is 0 Å². The maximum absolute atomic E-state index is 11.9. The van der Waals surface area contributed by atoms with Gasteiger partial charge in [-0.2, -0.15) is 10.2 Å². The largest absolute Gasteiger partial charge is 0.384 e. The Morgan fingerprint density at radius 3 is 3.06 bits per heavy atom. The number of nitrogens with one attached hydrogen (secondary N) is 1. The Kier molecular flexibility index (Phi) is 3.69. The number of pyridine rings is 1. The second-order valence-corrected chi connectivity index (χ2v) is 3.89. The van der Waals surface area contributed by atoms with E-state index in [1.165, 1.54) is 12.3 Å². The number of carbonyl (C=O) groups excluding carboxylic acids is 1. The third-order valence-electron chi connectivity index (χ3n) is 2.18. The zero-order valence-corrected chi connectivity index (χ0v) is 10.1. The van der Waals surface area contributed by atoms with Crippen molar-refractivity contribution in [3.63, 3.8) is 0 Å². The molecule has 2 aromatic rings. The van der Waals surface area contributed by atoms with Crippen molar-refractivity contribution in [2.75, 3.05) is 5.73 Å². The van der Waals surface area contributed by atoms with E-state index >= 15 is 0 Å². The van der Waals surface area contributed by atoms with Gasteiger partial charge >= 0.3 is 0 Å². The molecule has 0 aliphatic rings. The van der Waals surface area contributed by atoms with E-state index in [0.717, 1.165) is 0 Å². The standard InChI is InChI=1S/C11H10ClN5O/c12-9-6-14-10(13)4-8(9)11(18)15-5-7-2-1-3-16-17-7/h1-4,6H,5H2,(H2,13,14)(H,15,18). The first kappa shape index (κ1) is 12.3. The maximum atomic E-state index is 11.9. The van der Waals surface area contributed by atoms with E-state index in [-0.39, 0.29) is 28.9 Å². The maximum Gasteiger partial charge on any atom is 0.253 e. The summed E-state index contributed by atoms with van der Waals surface area (Å²) >= 11 is 5.87. The smallest absolute Gasteiger partial charge is 0.253 e. The molecule has 0 spiro atoms. The Balaban J connectivity index is 2.06. The van der Waals surface area contributed by atoms with Crippen LogP contribution < -0.4 is 11.1 Å². The first-order valence-electron chi connectivity index (χ1n) is 5.12. The van der Waals surface area contributed by atoms with Crippen LogP contribution in [0.1, 0.15) is 16.1 Å². The molecule has 92 valence electrons. The van der Waals surface area contributed by atoms with E-state index in [1.54, 1.807) is 18.3 Å². The monoisotopic (exact) mass is 263 g/mol. The van der Waals surface area contributed by atoms with Crippen LogP contribution in [0.3, 0.4) is 0 Å². The molecule has 2 rings (SSSR count). The van der Waals surface area contributed by atoms with Gasteiger partial charge in [0.25, 0.3) is 5.91 Å². The molecule has 7 heteroatoms. The number of amides is 1. The van der Waals surface area contributed by atoms with Gasteiger partial charge in [0.2, 0.25) is 0 Å². The lowest BCUT2D eigenvalue weighted by Crippen LogP contribution is -2.24. The fraction of sp³-hybridized carbons (Fsp3) is 0.0909. The molecule has 1 amide bonds. The van der Waals surface area contributed by atoms with Crippen LogP contribution in [-0.4, -0.2) is 21.1 Å². The summed E-state index contributed by atoms with van der Waals surface area (Å²) in [6.45, 7) is 0.269. The van der Waals surface area contributed by atoms with Crippen molar-refractivity contribution < 1.29 is 4.79 Å². The zero-order chi connectivity index (χ0) is 13.0. The highest BCUT2D eigenvalue weighted by molar-refractivity contribution is 6.33. The highest BCUT2D eigenvalue weighted by Gasteiger charge is 2.11. The fourth-order valence-electron chi connectivity index (χ4n) is 1.32. The summed E-state index contributed by atoms with van der Waals surface area (Å²) in [6, 6.07) is 4.93. The van der Waals surface area contributed by atoms with Crippen LogP contribution in [0.5, 0.6) is 0 Å². The average Bonchev–Trinajstić information content (AvgIpc) is 2.40. The molecular weight excluding hydrogens is 254 g/mol. The molecule has 3 N–H and O–H groups in total. The van der Waals surface area contributed by atoms with Crippen LogP contribution in [0.15, 0.2) is 30.6 Å². The molecule has 18 heavy (non-hydrogen) atoms. The highest BCUT2D eigenvalue weighted by atomic mass is 35.5. The van der Waals surface area contributed by atoms with Crippen molar-refractivity contribution in [1.82, 2.24) is 20.5 Å². The van der Waals surface area contributed by atoms with Crippen LogP contribution >= 0.6 is 11.6 Å². The van der Waals surface area contributed by atoms with E-state index in [1.807, 2.05) is 0 Å². The molecule has 6 nitrogen and oxygen atoms in total. The number of rotatable bonds is 3. The van der Waals surface area contributed by atoms with E-state index in [0.29, 0.717) is 5.69 Å². The summed E-state index contributed by atoms with van der Waals surface area (Å²) in [4.78, 5) is 15.6. The molecule has 0 fully saturated rings. The normalized spacial score (nSPS) is 10.1. The molecule has 0 saturated carbocycles. The second-order valence-electron chi connectivity index (χ2n) is 3.49. The van der Waals surface area contributed by atoms with Crippen molar-refractivity contribution in [3.8, 4) is 0 Å². The van der Waals surface area contributed by atoms with Crippen molar-refractivity contribution in [2.45, 2.75) is 6.54 Å². The number of nitrogens with zero attached hydrogens (tertiary/aromatic N) is 3. The molecule has 0 unspecified atom stereocenters. The van der Waals surface area contributed by atoms with Gasteiger partial charge in [-0.15, -0.1) is 0 Å². The summed E-state index contributed by atoms with van der Waals surface area (Å²) in [6.07, 6.45) is 2.90. The van der Waals surface area contributed by atoms with Crippen LogP contribution in [0.2, 0.25) is 5.02 Å². The molecule has 0 atom stereocenters. The highest BCUT2D eigenvalue weighted by Crippen LogP contribution is 2.16. The number of nitrogen functional groups attached to an aromatic ring is 1. The number of nitrogens with two attached hydrogens (primary N) is 1. The van der Waals surface area contributed by atoms with Gasteiger partial charge in [-0.3, -0.25) is 4.79 Å². The van der Waals surface area contributed by atoms with Gasteiger partial charge in [0.15, 0.2) is 0 Å². The van der Waals surface area contributed by atoms with Gasteiger partial charge in [0.05, 0.1) is 22.8 Å². The number of aromatic nitrogens is 3. The Morgan fingerprint density at radius 2 is 2.33 bits per heavy atom. The number of hydrogen-bond acceptors (Lipinski definition) is 5. The summed E-state index contributed by atoms with van der Waals surface area (Å²) < 4.78 is 0. The number of carbonyl (C=O) groups is 1. The minimum Gasteiger partial charge on any atom is -0.384 e.